The van der Waals surface area contributed by atoms with Crippen molar-refractivity contribution in [2.45, 2.75) is 19.4 Å². The van der Waals surface area contributed by atoms with E-state index in [9.17, 15) is 0 Å². The van der Waals surface area contributed by atoms with E-state index in [1.54, 1.807) is 6.20 Å². The lowest BCUT2D eigenvalue weighted by molar-refractivity contribution is 0.125. The molecular weight excluding hydrogens is 190 g/mol. The van der Waals surface area contributed by atoms with Crippen molar-refractivity contribution in [3.05, 3.63) is 23.9 Å². The van der Waals surface area contributed by atoms with E-state index >= 15 is 0 Å². The van der Waals surface area contributed by atoms with E-state index in [0.29, 0.717) is 12.4 Å². The molecule has 0 aliphatic rings. The Morgan fingerprint density at radius 2 is 2.40 bits per heavy atom. The van der Waals surface area contributed by atoms with Crippen LogP contribution in [0, 0.1) is 0 Å². The molecule has 0 aliphatic carbocycles. The zero-order valence-electron chi connectivity index (χ0n) is 9.36. The number of hydrogen-bond acceptors (Lipinski definition) is 4. The van der Waals surface area contributed by atoms with Gasteiger partial charge in [-0.25, -0.2) is 4.98 Å². The minimum atomic E-state index is 0.288. The van der Waals surface area contributed by atoms with E-state index in [1.807, 2.05) is 26.1 Å². The van der Waals surface area contributed by atoms with Crippen LogP contribution in [0.2, 0.25) is 0 Å². The fourth-order valence-corrected chi connectivity index (χ4v) is 1.39. The number of nitrogen functional groups attached to an aromatic ring is 1. The first-order valence-electron chi connectivity index (χ1n) is 5.22. The second kappa shape index (κ2) is 6.37. The molecule has 15 heavy (non-hydrogen) atoms. The topological polar surface area (TPSA) is 60.2 Å². The van der Waals surface area contributed by atoms with Crippen LogP contribution in [0.15, 0.2) is 18.3 Å². The average molecular weight is 209 g/mol. The van der Waals surface area contributed by atoms with E-state index in [4.69, 9.17) is 10.5 Å². The molecule has 0 saturated heterocycles. The van der Waals surface area contributed by atoms with Crippen molar-refractivity contribution in [2.24, 2.45) is 0 Å². The number of pyridine rings is 1. The first-order valence-corrected chi connectivity index (χ1v) is 5.22. The number of rotatable bonds is 6. The van der Waals surface area contributed by atoms with Crippen LogP contribution >= 0.6 is 0 Å². The summed E-state index contributed by atoms with van der Waals surface area (Å²) in [5.74, 6) is 0.606. The van der Waals surface area contributed by atoms with Crippen molar-refractivity contribution < 1.29 is 4.74 Å². The number of nitrogens with zero attached hydrogens (tertiary/aromatic N) is 1. The van der Waals surface area contributed by atoms with Gasteiger partial charge in [0, 0.05) is 18.8 Å². The highest BCUT2D eigenvalue weighted by molar-refractivity contribution is 5.38. The van der Waals surface area contributed by atoms with E-state index in [0.717, 1.165) is 18.6 Å². The van der Waals surface area contributed by atoms with Gasteiger partial charge in [0.1, 0.15) is 5.82 Å². The predicted molar refractivity (Wildman–Crippen MR) is 61.7 cm³/mol. The summed E-state index contributed by atoms with van der Waals surface area (Å²) in [6, 6.07) is 4.19. The van der Waals surface area contributed by atoms with Crippen LogP contribution in [-0.4, -0.2) is 31.3 Å². The number of nitrogens with one attached hydrogen (secondary N) is 1. The van der Waals surface area contributed by atoms with Crippen molar-refractivity contribution in [3.63, 3.8) is 0 Å². The largest absolute Gasteiger partial charge is 0.383 e. The monoisotopic (exact) mass is 209 g/mol. The summed E-state index contributed by atoms with van der Waals surface area (Å²) < 4.78 is 5.37. The van der Waals surface area contributed by atoms with Crippen LogP contribution in [0.5, 0.6) is 0 Å². The Morgan fingerprint density at radius 3 is 3.00 bits per heavy atom. The van der Waals surface area contributed by atoms with E-state index in [-0.39, 0.29) is 6.04 Å². The summed E-state index contributed by atoms with van der Waals surface area (Å²) in [4.78, 5) is 4.06. The molecule has 0 aromatic carbocycles. The molecule has 0 radical (unpaired) electrons. The van der Waals surface area contributed by atoms with Crippen LogP contribution in [0.1, 0.15) is 12.5 Å². The molecule has 0 amide bonds. The van der Waals surface area contributed by atoms with E-state index in [2.05, 4.69) is 10.3 Å². The van der Waals surface area contributed by atoms with Gasteiger partial charge >= 0.3 is 0 Å². The number of aromatic nitrogens is 1. The lowest BCUT2D eigenvalue weighted by Gasteiger charge is -2.16. The Kier molecular flexibility index (Phi) is 5.07. The molecule has 0 fully saturated rings. The average Bonchev–Trinajstić information content (AvgIpc) is 2.26. The molecule has 1 aromatic rings. The molecule has 1 rings (SSSR count). The molecule has 1 unspecified atom stereocenters. The van der Waals surface area contributed by atoms with E-state index in [1.165, 1.54) is 0 Å². The fourth-order valence-electron chi connectivity index (χ4n) is 1.39. The van der Waals surface area contributed by atoms with Crippen molar-refractivity contribution in [3.8, 4) is 0 Å². The number of likely N-dealkylation sites (N-methyl/N-ethyl adjacent to an activating group) is 1. The van der Waals surface area contributed by atoms with Gasteiger partial charge in [-0.05, 0) is 32.0 Å². The summed E-state index contributed by atoms with van der Waals surface area (Å²) in [5, 5.41) is 3.20. The fraction of sp³-hybridized carbons (Fsp3) is 0.545. The minimum Gasteiger partial charge on any atom is -0.383 e. The molecule has 4 heteroatoms. The maximum atomic E-state index is 5.77. The minimum absolute atomic E-state index is 0.288. The van der Waals surface area contributed by atoms with Crippen molar-refractivity contribution in [2.75, 3.05) is 26.0 Å². The molecule has 0 bridgehead atoms. The van der Waals surface area contributed by atoms with Gasteiger partial charge in [-0.3, -0.25) is 0 Å². The van der Waals surface area contributed by atoms with Gasteiger partial charge in [0.2, 0.25) is 0 Å². The number of anilines is 1. The maximum absolute atomic E-state index is 5.77. The third kappa shape index (κ3) is 3.85. The van der Waals surface area contributed by atoms with Crippen LogP contribution in [0.3, 0.4) is 0 Å². The van der Waals surface area contributed by atoms with Crippen LogP contribution in [0.25, 0.3) is 0 Å². The zero-order valence-corrected chi connectivity index (χ0v) is 9.36. The van der Waals surface area contributed by atoms with Gasteiger partial charge in [0.05, 0.1) is 6.61 Å². The molecule has 84 valence electrons. The Hall–Kier alpha value is -1.13. The van der Waals surface area contributed by atoms with Crippen LogP contribution in [-0.2, 0) is 11.2 Å². The van der Waals surface area contributed by atoms with Gasteiger partial charge in [0.25, 0.3) is 0 Å². The highest BCUT2D eigenvalue weighted by Crippen LogP contribution is 2.09. The standard InChI is InChI=1S/C11H19N3O/c1-3-15-8-10(13-2)7-9-5-4-6-14-11(9)12/h4-6,10,13H,3,7-8H2,1-2H3,(H2,12,14). The Labute approximate surface area is 90.8 Å². The second-order valence-electron chi connectivity index (χ2n) is 3.40. The third-order valence-corrected chi connectivity index (χ3v) is 2.32. The number of ether oxygens (including phenoxy) is 1. The maximum Gasteiger partial charge on any atom is 0.126 e. The smallest absolute Gasteiger partial charge is 0.126 e. The van der Waals surface area contributed by atoms with Crippen LogP contribution in [0.4, 0.5) is 5.82 Å². The first kappa shape index (κ1) is 11.9. The van der Waals surface area contributed by atoms with Gasteiger partial charge in [-0.1, -0.05) is 6.07 Å². The van der Waals surface area contributed by atoms with Crippen molar-refractivity contribution in [1.82, 2.24) is 10.3 Å². The normalized spacial score (nSPS) is 12.7. The van der Waals surface area contributed by atoms with Gasteiger partial charge < -0.3 is 15.8 Å². The number of nitrogens with two attached hydrogens (primary N) is 1. The van der Waals surface area contributed by atoms with Gasteiger partial charge in [0.15, 0.2) is 0 Å². The molecule has 4 nitrogen and oxygen atoms in total. The zero-order chi connectivity index (χ0) is 11.1. The lowest BCUT2D eigenvalue weighted by atomic mass is 10.1. The first-order chi connectivity index (χ1) is 7.27. The van der Waals surface area contributed by atoms with Crippen LogP contribution < -0.4 is 11.1 Å². The Balaban J connectivity index is 2.54. The second-order valence-corrected chi connectivity index (χ2v) is 3.40. The van der Waals surface area contributed by atoms with Gasteiger partial charge in [-0.2, -0.15) is 0 Å². The molecule has 1 atom stereocenters. The van der Waals surface area contributed by atoms with Gasteiger partial charge in [-0.15, -0.1) is 0 Å². The predicted octanol–water partition coefficient (Wildman–Crippen LogP) is 0.831. The molecule has 0 spiro atoms. The lowest BCUT2D eigenvalue weighted by Crippen LogP contribution is -2.32. The molecule has 0 saturated carbocycles. The Morgan fingerprint density at radius 1 is 1.60 bits per heavy atom. The quantitative estimate of drug-likeness (QED) is 0.728. The Bertz CT molecular complexity index is 291. The molecule has 1 aromatic heterocycles. The SMILES string of the molecule is CCOCC(Cc1cccnc1N)NC. The summed E-state index contributed by atoms with van der Waals surface area (Å²) in [6.45, 7) is 3.42. The summed E-state index contributed by atoms with van der Waals surface area (Å²) in [5.41, 5.74) is 6.84. The van der Waals surface area contributed by atoms with E-state index < -0.39 is 0 Å². The van der Waals surface area contributed by atoms with Crippen molar-refractivity contribution in [1.29, 1.82) is 0 Å². The molecule has 3 N–H and O–H groups in total. The van der Waals surface area contributed by atoms with Crippen molar-refractivity contribution >= 4 is 5.82 Å². The summed E-state index contributed by atoms with van der Waals surface area (Å²) >= 11 is 0. The highest BCUT2D eigenvalue weighted by atomic mass is 16.5. The molecule has 0 aliphatic heterocycles. The summed E-state index contributed by atoms with van der Waals surface area (Å²) in [6.07, 6.45) is 2.55. The summed E-state index contributed by atoms with van der Waals surface area (Å²) in [7, 11) is 1.93. The molecular formula is C11H19N3O. The molecule has 1 heterocycles. The highest BCUT2D eigenvalue weighted by Gasteiger charge is 2.09. The number of hydrogen-bond donors (Lipinski definition) is 2. The third-order valence-electron chi connectivity index (χ3n) is 2.32.